The Morgan fingerprint density at radius 3 is 2.43 bits per heavy atom. The Morgan fingerprint density at radius 2 is 1.70 bits per heavy atom. The first kappa shape index (κ1) is 25.2. The second kappa shape index (κ2) is 10.1. The number of benzene rings is 2. The molecule has 192 valence electrons. The highest BCUT2D eigenvalue weighted by molar-refractivity contribution is 5.93. The maximum atomic E-state index is 13.4. The van der Waals surface area contributed by atoms with Crippen LogP contribution >= 0.6 is 0 Å². The molecule has 2 N–H and O–H groups in total. The fourth-order valence-corrected chi connectivity index (χ4v) is 6.00. The molecule has 2 amide bonds. The number of hydrogen-bond acceptors (Lipinski definition) is 4. The SMILES string of the molecule is CC(C)(CO)NC(=O)CC1CC2(CCN(C(=O)c3cccc(-c4ccccc4)n3)CC2)c2ccccc21. The van der Waals surface area contributed by atoms with Crippen LogP contribution in [0.1, 0.15) is 67.1 Å². The molecule has 2 aliphatic rings. The van der Waals surface area contributed by atoms with Gasteiger partial charge in [-0.2, -0.15) is 0 Å². The summed E-state index contributed by atoms with van der Waals surface area (Å²) in [7, 11) is 0. The van der Waals surface area contributed by atoms with E-state index in [1.807, 2.05) is 67.3 Å². The minimum absolute atomic E-state index is 0.0237. The Morgan fingerprint density at radius 1 is 1.00 bits per heavy atom. The van der Waals surface area contributed by atoms with E-state index in [2.05, 4.69) is 28.5 Å². The molecule has 2 heterocycles. The molecule has 1 aliphatic heterocycles. The summed E-state index contributed by atoms with van der Waals surface area (Å²) in [6, 6.07) is 24.0. The van der Waals surface area contributed by atoms with Crippen LogP contribution in [0.25, 0.3) is 11.3 Å². The first-order valence-corrected chi connectivity index (χ1v) is 13.1. The van der Waals surface area contributed by atoms with E-state index < -0.39 is 5.54 Å². The molecule has 0 bridgehead atoms. The van der Waals surface area contributed by atoms with Crippen molar-refractivity contribution in [2.75, 3.05) is 19.7 Å². The van der Waals surface area contributed by atoms with Gasteiger partial charge in [-0.15, -0.1) is 0 Å². The van der Waals surface area contributed by atoms with E-state index in [0.29, 0.717) is 25.2 Å². The lowest BCUT2D eigenvalue weighted by molar-refractivity contribution is -0.123. The number of nitrogens with zero attached hydrogens (tertiary/aromatic N) is 2. The zero-order valence-electron chi connectivity index (χ0n) is 21.6. The Balaban J connectivity index is 1.29. The van der Waals surface area contributed by atoms with Gasteiger partial charge < -0.3 is 15.3 Å². The third-order valence-electron chi connectivity index (χ3n) is 7.96. The average Bonchev–Trinajstić information content (AvgIpc) is 3.21. The Hall–Kier alpha value is -3.51. The lowest BCUT2D eigenvalue weighted by Gasteiger charge is -2.40. The summed E-state index contributed by atoms with van der Waals surface area (Å²) in [5, 5.41) is 12.5. The summed E-state index contributed by atoms with van der Waals surface area (Å²) in [6.07, 6.45) is 3.05. The lowest BCUT2D eigenvalue weighted by atomic mass is 9.73. The van der Waals surface area contributed by atoms with Gasteiger partial charge in [0, 0.05) is 25.1 Å². The molecule has 1 unspecified atom stereocenters. The Labute approximate surface area is 218 Å². The first-order valence-electron chi connectivity index (χ1n) is 13.1. The molecular weight excluding hydrogens is 462 g/mol. The van der Waals surface area contributed by atoms with E-state index in [9.17, 15) is 14.7 Å². The van der Waals surface area contributed by atoms with Gasteiger partial charge in [0.05, 0.1) is 17.8 Å². The standard InChI is InChI=1S/C31H35N3O3/c1-30(2,21-35)33-28(36)19-23-20-31(25-12-7-6-11-24(23)25)15-17-34(18-16-31)29(37)27-14-8-13-26(32-27)22-9-4-3-5-10-22/h3-14,23,35H,15-21H2,1-2H3,(H,33,36). The summed E-state index contributed by atoms with van der Waals surface area (Å²) in [5.41, 5.74) is 4.19. The van der Waals surface area contributed by atoms with E-state index in [1.54, 1.807) is 6.07 Å². The van der Waals surface area contributed by atoms with Crippen molar-refractivity contribution in [2.45, 2.75) is 56.4 Å². The molecule has 1 fully saturated rings. The second-order valence-electron chi connectivity index (χ2n) is 11.1. The number of pyridine rings is 1. The van der Waals surface area contributed by atoms with Crippen molar-refractivity contribution < 1.29 is 14.7 Å². The number of nitrogens with one attached hydrogen (secondary N) is 1. The van der Waals surface area contributed by atoms with Crippen molar-refractivity contribution in [3.63, 3.8) is 0 Å². The molecule has 0 saturated carbocycles. The maximum absolute atomic E-state index is 13.4. The number of hydrogen-bond donors (Lipinski definition) is 2. The van der Waals surface area contributed by atoms with Crippen molar-refractivity contribution >= 4 is 11.8 Å². The Kier molecular flexibility index (Phi) is 6.86. The molecule has 1 saturated heterocycles. The number of fused-ring (bicyclic) bond motifs is 2. The number of likely N-dealkylation sites (tertiary alicyclic amines) is 1. The van der Waals surface area contributed by atoms with Crippen LogP contribution in [0.3, 0.4) is 0 Å². The highest BCUT2D eigenvalue weighted by Crippen LogP contribution is 2.52. The zero-order chi connectivity index (χ0) is 26.0. The van der Waals surface area contributed by atoms with Crippen molar-refractivity contribution in [1.82, 2.24) is 15.2 Å². The van der Waals surface area contributed by atoms with Crippen LogP contribution in [-0.2, 0) is 10.2 Å². The fourth-order valence-electron chi connectivity index (χ4n) is 6.00. The highest BCUT2D eigenvalue weighted by atomic mass is 16.3. The van der Waals surface area contributed by atoms with E-state index in [-0.39, 0.29) is 29.8 Å². The third kappa shape index (κ3) is 5.16. The van der Waals surface area contributed by atoms with Gasteiger partial charge in [0.2, 0.25) is 5.91 Å². The minimum Gasteiger partial charge on any atom is -0.394 e. The van der Waals surface area contributed by atoms with Gasteiger partial charge >= 0.3 is 0 Å². The molecule has 1 spiro atoms. The molecule has 1 aliphatic carbocycles. The topological polar surface area (TPSA) is 82.5 Å². The van der Waals surface area contributed by atoms with Crippen molar-refractivity contribution in [2.24, 2.45) is 0 Å². The van der Waals surface area contributed by atoms with Gasteiger partial charge in [0.1, 0.15) is 5.69 Å². The normalized spacial score (nSPS) is 18.5. The highest BCUT2D eigenvalue weighted by Gasteiger charge is 2.46. The van der Waals surface area contributed by atoms with Gasteiger partial charge in [-0.25, -0.2) is 4.98 Å². The molecule has 1 atom stereocenters. The average molecular weight is 498 g/mol. The lowest BCUT2D eigenvalue weighted by Crippen LogP contribution is -2.46. The van der Waals surface area contributed by atoms with Crippen LogP contribution in [0.5, 0.6) is 0 Å². The number of aromatic nitrogens is 1. The number of carbonyl (C=O) groups is 2. The molecule has 6 nitrogen and oxygen atoms in total. The summed E-state index contributed by atoms with van der Waals surface area (Å²) < 4.78 is 0. The smallest absolute Gasteiger partial charge is 0.272 e. The molecule has 2 aromatic carbocycles. The van der Waals surface area contributed by atoms with Gasteiger partial charge in [-0.3, -0.25) is 9.59 Å². The molecule has 0 radical (unpaired) electrons. The van der Waals surface area contributed by atoms with Crippen molar-refractivity contribution in [3.8, 4) is 11.3 Å². The quantitative estimate of drug-likeness (QED) is 0.518. The second-order valence-corrected chi connectivity index (χ2v) is 11.1. The molecule has 3 aromatic rings. The monoisotopic (exact) mass is 497 g/mol. The van der Waals surface area contributed by atoms with Gasteiger partial charge in [0.15, 0.2) is 0 Å². The maximum Gasteiger partial charge on any atom is 0.272 e. The van der Waals surface area contributed by atoms with Crippen LogP contribution in [0.4, 0.5) is 0 Å². The zero-order valence-corrected chi connectivity index (χ0v) is 21.6. The molecule has 37 heavy (non-hydrogen) atoms. The summed E-state index contributed by atoms with van der Waals surface area (Å²) in [5.74, 6) is 0.0751. The number of carbonyl (C=O) groups excluding carboxylic acids is 2. The van der Waals surface area contributed by atoms with E-state index in [4.69, 9.17) is 0 Å². The van der Waals surface area contributed by atoms with Gasteiger partial charge in [-0.05, 0) is 67.7 Å². The predicted molar refractivity (Wildman–Crippen MR) is 144 cm³/mol. The van der Waals surface area contributed by atoms with Crippen LogP contribution in [0, 0.1) is 0 Å². The Bertz CT molecular complexity index is 1280. The van der Waals surface area contributed by atoms with Crippen LogP contribution in [0.2, 0.25) is 0 Å². The summed E-state index contributed by atoms with van der Waals surface area (Å²) in [6.45, 7) is 4.89. The third-order valence-corrected chi connectivity index (χ3v) is 7.96. The molecule has 5 rings (SSSR count). The first-order chi connectivity index (χ1) is 17.8. The van der Waals surface area contributed by atoms with E-state index in [0.717, 1.165) is 30.5 Å². The number of aliphatic hydroxyl groups excluding tert-OH is 1. The number of rotatable bonds is 6. The largest absolute Gasteiger partial charge is 0.394 e. The number of aliphatic hydroxyl groups is 1. The summed E-state index contributed by atoms with van der Waals surface area (Å²) >= 11 is 0. The van der Waals surface area contributed by atoms with Gasteiger partial charge in [0.25, 0.3) is 5.91 Å². The van der Waals surface area contributed by atoms with Crippen LogP contribution in [-0.4, -0.2) is 52.0 Å². The predicted octanol–water partition coefficient (Wildman–Crippen LogP) is 4.69. The van der Waals surface area contributed by atoms with E-state index in [1.165, 1.54) is 11.1 Å². The molecule has 6 heteroatoms. The van der Waals surface area contributed by atoms with E-state index >= 15 is 0 Å². The van der Waals surface area contributed by atoms with Crippen molar-refractivity contribution in [1.29, 1.82) is 0 Å². The molecule has 1 aromatic heterocycles. The minimum atomic E-state index is -0.634. The fraction of sp³-hybridized carbons (Fsp3) is 0.387. The van der Waals surface area contributed by atoms with Crippen LogP contribution < -0.4 is 5.32 Å². The van der Waals surface area contributed by atoms with Crippen LogP contribution in [0.15, 0.2) is 72.8 Å². The number of piperidine rings is 1. The van der Waals surface area contributed by atoms with Crippen molar-refractivity contribution in [3.05, 3.63) is 89.6 Å². The molecular formula is C31H35N3O3. The van der Waals surface area contributed by atoms with Gasteiger partial charge in [-0.1, -0.05) is 60.7 Å². The summed E-state index contributed by atoms with van der Waals surface area (Å²) in [4.78, 5) is 32.8. The number of amides is 2.